The highest BCUT2D eigenvalue weighted by atomic mass is 35.5. The molecule has 1 N–H and O–H groups in total. The fourth-order valence-corrected chi connectivity index (χ4v) is 5.65. The van der Waals surface area contributed by atoms with Crippen molar-refractivity contribution in [2.75, 3.05) is 17.9 Å². The van der Waals surface area contributed by atoms with Crippen LogP contribution >= 0.6 is 11.6 Å². The number of likely N-dealkylation sites (N-methyl/N-ethyl adjacent to an activating group) is 1. The SMILES string of the molecule is CC[C@@H](C(=O)NC)N(Cc1ccc(C)cc1)C(=O)CN(c1ccc(C)c(C)c1)S(=O)(=O)c1ccc(Cl)cc1. The summed E-state index contributed by atoms with van der Waals surface area (Å²) in [6.07, 6.45) is 0.366. The van der Waals surface area contributed by atoms with Gasteiger partial charge >= 0.3 is 0 Å². The number of aryl methyl sites for hydroxylation is 3. The summed E-state index contributed by atoms with van der Waals surface area (Å²) in [5, 5.41) is 3.03. The second kappa shape index (κ2) is 12.5. The van der Waals surface area contributed by atoms with E-state index >= 15 is 0 Å². The smallest absolute Gasteiger partial charge is 0.264 e. The molecule has 0 heterocycles. The van der Waals surface area contributed by atoms with Gasteiger partial charge in [-0.2, -0.15) is 0 Å². The van der Waals surface area contributed by atoms with Crippen molar-refractivity contribution < 1.29 is 18.0 Å². The molecule has 9 heteroatoms. The lowest BCUT2D eigenvalue weighted by molar-refractivity contribution is -0.140. The Hall–Kier alpha value is -3.36. The molecule has 0 aliphatic rings. The van der Waals surface area contributed by atoms with Crippen LogP contribution in [-0.4, -0.2) is 44.8 Å². The van der Waals surface area contributed by atoms with E-state index in [0.29, 0.717) is 17.1 Å². The van der Waals surface area contributed by atoms with Gasteiger partial charge in [-0.05, 0) is 80.3 Å². The molecule has 0 aromatic heterocycles. The van der Waals surface area contributed by atoms with Crippen molar-refractivity contribution in [2.45, 2.75) is 51.6 Å². The molecule has 0 bridgehead atoms. The van der Waals surface area contributed by atoms with Crippen LogP contribution in [0.15, 0.2) is 71.6 Å². The van der Waals surface area contributed by atoms with Gasteiger partial charge in [0.2, 0.25) is 11.8 Å². The van der Waals surface area contributed by atoms with Gasteiger partial charge < -0.3 is 10.2 Å². The zero-order chi connectivity index (χ0) is 28.0. The maximum absolute atomic E-state index is 13.9. The van der Waals surface area contributed by atoms with Gasteiger partial charge in [0, 0.05) is 18.6 Å². The van der Waals surface area contributed by atoms with E-state index in [-0.39, 0.29) is 17.3 Å². The van der Waals surface area contributed by atoms with Gasteiger partial charge in [0.25, 0.3) is 10.0 Å². The van der Waals surface area contributed by atoms with E-state index in [0.717, 1.165) is 26.6 Å². The summed E-state index contributed by atoms with van der Waals surface area (Å²) in [5.74, 6) is -0.803. The third kappa shape index (κ3) is 6.74. The van der Waals surface area contributed by atoms with Crippen molar-refractivity contribution >= 4 is 39.1 Å². The van der Waals surface area contributed by atoms with Crippen molar-refractivity contribution in [1.82, 2.24) is 10.2 Å². The molecule has 0 radical (unpaired) electrons. The summed E-state index contributed by atoms with van der Waals surface area (Å²) in [5.41, 5.74) is 4.15. The van der Waals surface area contributed by atoms with Crippen LogP contribution in [-0.2, 0) is 26.2 Å². The van der Waals surface area contributed by atoms with E-state index in [2.05, 4.69) is 5.32 Å². The lowest BCUT2D eigenvalue weighted by Crippen LogP contribution is -2.51. The molecule has 3 aromatic rings. The molecule has 0 spiro atoms. The maximum Gasteiger partial charge on any atom is 0.264 e. The molecule has 1 atom stereocenters. The number of amides is 2. The lowest BCUT2D eigenvalue weighted by atomic mass is 10.1. The molecule has 0 aliphatic heterocycles. The molecule has 0 unspecified atom stereocenters. The first-order valence-corrected chi connectivity index (χ1v) is 14.2. The van der Waals surface area contributed by atoms with Gasteiger partial charge in [-0.1, -0.05) is 54.4 Å². The Morgan fingerprint density at radius 1 is 0.921 bits per heavy atom. The first-order valence-electron chi connectivity index (χ1n) is 12.4. The molecule has 0 saturated heterocycles. The number of hydrogen-bond acceptors (Lipinski definition) is 4. The molecule has 38 heavy (non-hydrogen) atoms. The van der Waals surface area contributed by atoms with Crippen LogP contribution in [0.3, 0.4) is 0 Å². The summed E-state index contributed by atoms with van der Waals surface area (Å²) in [4.78, 5) is 28.2. The standard InChI is InChI=1S/C29H34ClN3O4S/c1-6-27(29(35)31-5)32(18-23-10-7-20(2)8-11-23)28(34)19-33(25-14-9-21(3)22(4)17-25)38(36,37)26-15-12-24(30)13-16-26/h7-17,27H,6,18-19H2,1-5H3,(H,31,35)/t27-/m0/s1. The van der Waals surface area contributed by atoms with E-state index in [4.69, 9.17) is 11.6 Å². The molecule has 0 fully saturated rings. The van der Waals surface area contributed by atoms with Crippen LogP contribution in [0.1, 0.15) is 35.6 Å². The molecule has 0 aliphatic carbocycles. The average Bonchev–Trinajstić information content (AvgIpc) is 2.89. The van der Waals surface area contributed by atoms with Gasteiger partial charge in [-0.15, -0.1) is 0 Å². The number of nitrogens with one attached hydrogen (secondary N) is 1. The third-order valence-corrected chi connectivity index (χ3v) is 8.60. The minimum absolute atomic E-state index is 0.0105. The molecule has 3 rings (SSSR count). The molecule has 3 aromatic carbocycles. The van der Waals surface area contributed by atoms with Crippen molar-refractivity contribution in [3.63, 3.8) is 0 Å². The first-order chi connectivity index (χ1) is 18.0. The van der Waals surface area contributed by atoms with Crippen LogP contribution in [0.5, 0.6) is 0 Å². The number of anilines is 1. The van der Waals surface area contributed by atoms with Gasteiger partial charge in [0.05, 0.1) is 10.6 Å². The lowest BCUT2D eigenvalue weighted by Gasteiger charge is -2.33. The predicted molar refractivity (Wildman–Crippen MR) is 152 cm³/mol. The average molecular weight is 556 g/mol. The van der Waals surface area contributed by atoms with Crippen molar-refractivity contribution in [3.8, 4) is 0 Å². The van der Waals surface area contributed by atoms with Crippen molar-refractivity contribution in [2.24, 2.45) is 0 Å². The number of rotatable bonds is 10. The monoisotopic (exact) mass is 555 g/mol. The Balaban J connectivity index is 2.08. The molecule has 2 amide bonds. The topological polar surface area (TPSA) is 86.8 Å². The number of sulfonamides is 1. The number of halogens is 1. The normalized spacial score (nSPS) is 12.1. The second-order valence-corrected chi connectivity index (χ2v) is 11.6. The largest absolute Gasteiger partial charge is 0.357 e. The van der Waals surface area contributed by atoms with E-state index in [9.17, 15) is 18.0 Å². The number of nitrogens with zero attached hydrogens (tertiary/aromatic N) is 2. The van der Waals surface area contributed by atoms with Gasteiger partial charge in [0.15, 0.2) is 0 Å². The minimum Gasteiger partial charge on any atom is -0.357 e. The summed E-state index contributed by atoms with van der Waals surface area (Å²) < 4.78 is 28.8. The highest BCUT2D eigenvalue weighted by molar-refractivity contribution is 7.92. The summed E-state index contributed by atoms with van der Waals surface area (Å²) in [6, 6.07) is 18.0. The van der Waals surface area contributed by atoms with Gasteiger partial charge in [0.1, 0.15) is 12.6 Å². The maximum atomic E-state index is 13.9. The van der Waals surface area contributed by atoms with Crippen molar-refractivity contribution in [3.05, 3.63) is 94.0 Å². The highest BCUT2D eigenvalue weighted by Crippen LogP contribution is 2.27. The van der Waals surface area contributed by atoms with E-state index in [1.54, 1.807) is 12.1 Å². The number of hydrogen-bond donors (Lipinski definition) is 1. The van der Waals surface area contributed by atoms with Gasteiger partial charge in [-0.3, -0.25) is 13.9 Å². The number of carbonyl (C=O) groups excluding carboxylic acids is 2. The molecule has 0 saturated carbocycles. The van der Waals surface area contributed by atoms with E-state index < -0.39 is 28.5 Å². The Morgan fingerprint density at radius 3 is 2.11 bits per heavy atom. The van der Waals surface area contributed by atoms with E-state index in [1.165, 1.54) is 36.2 Å². The molecular weight excluding hydrogens is 522 g/mol. The zero-order valence-electron chi connectivity index (χ0n) is 22.4. The minimum atomic E-state index is -4.14. The van der Waals surface area contributed by atoms with Crippen LogP contribution in [0.25, 0.3) is 0 Å². The quantitative estimate of drug-likeness (QED) is 0.381. The van der Waals surface area contributed by atoms with E-state index in [1.807, 2.05) is 58.0 Å². The first kappa shape index (κ1) is 29.2. The van der Waals surface area contributed by atoms with Crippen molar-refractivity contribution in [1.29, 1.82) is 0 Å². The fourth-order valence-electron chi connectivity index (χ4n) is 4.12. The summed E-state index contributed by atoms with van der Waals surface area (Å²) >= 11 is 6.00. The second-order valence-electron chi connectivity index (χ2n) is 9.28. The molecular formula is C29H34ClN3O4S. The Morgan fingerprint density at radius 2 is 1.55 bits per heavy atom. The molecule has 202 valence electrons. The van der Waals surface area contributed by atoms with Crippen LogP contribution in [0, 0.1) is 20.8 Å². The predicted octanol–water partition coefficient (Wildman–Crippen LogP) is 5.01. The van der Waals surface area contributed by atoms with Crippen LogP contribution < -0.4 is 9.62 Å². The third-order valence-electron chi connectivity index (χ3n) is 6.56. The summed E-state index contributed by atoms with van der Waals surface area (Å²) in [6.45, 7) is 7.28. The van der Waals surface area contributed by atoms with Gasteiger partial charge in [-0.25, -0.2) is 8.42 Å². The fraction of sp³-hybridized carbons (Fsp3) is 0.310. The number of benzene rings is 3. The Labute approximate surface area is 230 Å². The zero-order valence-corrected chi connectivity index (χ0v) is 23.9. The highest BCUT2D eigenvalue weighted by Gasteiger charge is 2.33. The number of carbonyl (C=O) groups is 2. The van der Waals surface area contributed by atoms with Crippen LogP contribution in [0.4, 0.5) is 5.69 Å². The Kier molecular flexibility index (Phi) is 9.57. The Bertz CT molecular complexity index is 1390. The molecule has 7 nitrogen and oxygen atoms in total. The van der Waals surface area contributed by atoms with Crippen LogP contribution in [0.2, 0.25) is 5.02 Å². The summed E-state index contributed by atoms with van der Waals surface area (Å²) in [7, 11) is -2.62.